The Morgan fingerprint density at radius 3 is 2.84 bits per heavy atom. The summed E-state index contributed by atoms with van der Waals surface area (Å²) in [6.45, 7) is 4.50. The van der Waals surface area contributed by atoms with E-state index in [-0.39, 0.29) is 5.78 Å². The predicted molar refractivity (Wildman–Crippen MR) is 77.9 cm³/mol. The van der Waals surface area contributed by atoms with Crippen LogP contribution in [0.15, 0.2) is 36.0 Å². The number of carbonyl (C=O) groups is 1. The molecule has 2 heterocycles. The van der Waals surface area contributed by atoms with E-state index in [4.69, 9.17) is 0 Å². The van der Waals surface area contributed by atoms with Crippen molar-refractivity contribution in [2.45, 2.75) is 20.4 Å². The van der Waals surface area contributed by atoms with Gasteiger partial charge in [-0.25, -0.2) is 4.98 Å². The summed E-state index contributed by atoms with van der Waals surface area (Å²) in [5, 5.41) is 1.92. The van der Waals surface area contributed by atoms with Gasteiger partial charge in [0.15, 0.2) is 5.78 Å². The first-order valence-electron chi connectivity index (χ1n) is 6.14. The minimum atomic E-state index is 0.132. The summed E-state index contributed by atoms with van der Waals surface area (Å²) in [4.78, 5) is 17.3. The zero-order valence-corrected chi connectivity index (χ0v) is 11.7. The first-order chi connectivity index (χ1) is 9.15. The van der Waals surface area contributed by atoms with E-state index in [0.29, 0.717) is 6.54 Å². The van der Waals surface area contributed by atoms with Gasteiger partial charge in [0.1, 0.15) is 0 Å². The maximum absolute atomic E-state index is 12.1. The highest BCUT2D eigenvalue weighted by molar-refractivity contribution is 7.12. The fourth-order valence-corrected chi connectivity index (χ4v) is 2.77. The van der Waals surface area contributed by atoms with Crippen molar-refractivity contribution in [3.63, 3.8) is 0 Å². The van der Waals surface area contributed by atoms with Gasteiger partial charge in [-0.2, -0.15) is 0 Å². The molecule has 0 atom stereocenters. The first kappa shape index (κ1) is 12.1. The quantitative estimate of drug-likeness (QED) is 0.682. The van der Waals surface area contributed by atoms with Gasteiger partial charge in [-0.15, -0.1) is 11.3 Å². The summed E-state index contributed by atoms with van der Waals surface area (Å²) in [6.07, 6.45) is 1.75. The average molecular weight is 270 g/mol. The number of imidazole rings is 1. The number of fused-ring (bicyclic) bond motifs is 1. The van der Waals surface area contributed by atoms with Gasteiger partial charge in [0.2, 0.25) is 0 Å². The van der Waals surface area contributed by atoms with Crippen LogP contribution in [0.1, 0.15) is 20.8 Å². The fourth-order valence-electron chi connectivity index (χ4n) is 2.11. The molecule has 0 amide bonds. The van der Waals surface area contributed by atoms with Crippen LogP contribution in [-0.4, -0.2) is 15.3 Å². The zero-order valence-electron chi connectivity index (χ0n) is 10.9. The summed E-state index contributed by atoms with van der Waals surface area (Å²) in [5.41, 5.74) is 4.41. The zero-order chi connectivity index (χ0) is 13.4. The molecule has 3 rings (SSSR count). The van der Waals surface area contributed by atoms with E-state index in [1.165, 1.54) is 22.5 Å². The van der Waals surface area contributed by atoms with Gasteiger partial charge in [-0.3, -0.25) is 4.79 Å². The van der Waals surface area contributed by atoms with E-state index in [9.17, 15) is 4.79 Å². The van der Waals surface area contributed by atoms with Crippen LogP contribution in [0.3, 0.4) is 0 Å². The molecule has 2 aromatic heterocycles. The molecule has 0 saturated heterocycles. The molecule has 19 heavy (non-hydrogen) atoms. The highest BCUT2D eigenvalue weighted by Crippen LogP contribution is 2.19. The summed E-state index contributed by atoms with van der Waals surface area (Å²) in [6, 6.07) is 7.93. The monoisotopic (exact) mass is 270 g/mol. The third kappa shape index (κ3) is 2.19. The van der Waals surface area contributed by atoms with Crippen molar-refractivity contribution >= 4 is 28.2 Å². The summed E-state index contributed by atoms with van der Waals surface area (Å²) in [5.74, 6) is 0.132. The van der Waals surface area contributed by atoms with Crippen LogP contribution in [0.5, 0.6) is 0 Å². The Morgan fingerprint density at radius 2 is 2.11 bits per heavy atom. The molecule has 4 heteroatoms. The Hall–Kier alpha value is -1.94. The number of hydrogen-bond donors (Lipinski definition) is 0. The molecule has 3 aromatic rings. The molecular formula is C15H14N2OS. The number of ketones is 1. The highest BCUT2D eigenvalue weighted by atomic mass is 32.1. The van der Waals surface area contributed by atoms with E-state index < -0.39 is 0 Å². The third-order valence-corrected chi connectivity index (χ3v) is 4.26. The number of nitrogens with zero attached hydrogens (tertiary/aromatic N) is 2. The van der Waals surface area contributed by atoms with Crippen molar-refractivity contribution in [3.8, 4) is 0 Å². The van der Waals surface area contributed by atoms with Gasteiger partial charge >= 0.3 is 0 Å². The molecule has 0 unspecified atom stereocenters. The van der Waals surface area contributed by atoms with E-state index in [1.54, 1.807) is 6.33 Å². The van der Waals surface area contributed by atoms with Gasteiger partial charge in [0, 0.05) is 0 Å². The Balaban J connectivity index is 1.98. The minimum absolute atomic E-state index is 0.132. The van der Waals surface area contributed by atoms with Crippen LogP contribution in [-0.2, 0) is 6.54 Å². The van der Waals surface area contributed by atoms with E-state index >= 15 is 0 Å². The lowest BCUT2D eigenvalue weighted by Crippen LogP contribution is -2.08. The second-order valence-corrected chi connectivity index (χ2v) is 5.65. The number of benzene rings is 1. The highest BCUT2D eigenvalue weighted by Gasteiger charge is 2.11. The normalized spacial score (nSPS) is 11.1. The SMILES string of the molecule is Cc1cc2ncn(CC(=O)c3cccs3)c2cc1C. The summed E-state index contributed by atoms with van der Waals surface area (Å²) < 4.78 is 1.92. The predicted octanol–water partition coefficient (Wildman–Crippen LogP) is 3.60. The van der Waals surface area contributed by atoms with Crippen molar-refractivity contribution in [1.29, 1.82) is 0 Å². The van der Waals surface area contributed by atoms with Crippen LogP contribution in [0, 0.1) is 13.8 Å². The molecule has 0 N–H and O–H groups in total. The fraction of sp³-hybridized carbons (Fsp3) is 0.200. The Labute approximate surface area is 115 Å². The first-order valence-corrected chi connectivity index (χ1v) is 7.02. The standard InChI is InChI=1S/C15H14N2OS/c1-10-6-12-13(7-11(10)2)17(9-16-12)8-14(18)15-4-3-5-19-15/h3-7,9H,8H2,1-2H3. The van der Waals surface area contributed by atoms with Crippen LogP contribution < -0.4 is 0 Å². The van der Waals surface area contributed by atoms with Crippen LogP contribution in [0.2, 0.25) is 0 Å². The summed E-state index contributed by atoms with van der Waals surface area (Å²) >= 11 is 1.48. The molecule has 3 nitrogen and oxygen atoms in total. The number of thiophene rings is 1. The second kappa shape index (κ2) is 4.63. The molecule has 0 spiro atoms. The number of rotatable bonds is 3. The molecule has 0 bridgehead atoms. The molecule has 0 saturated carbocycles. The maximum atomic E-state index is 12.1. The van der Waals surface area contributed by atoms with Crippen LogP contribution in [0.25, 0.3) is 11.0 Å². The molecular weight excluding hydrogens is 256 g/mol. The number of aromatic nitrogens is 2. The second-order valence-electron chi connectivity index (χ2n) is 4.70. The summed E-state index contributed by atoms with van der Waals surface area (Å²) in [7, 11) is 0. The number of Topliss-reactive ketones (excluding diaryl/α,β-unsaturated/α-hetero) is 1. The smallest absolute Gasteiger partial charge is 0.192 e. The Bertz CT molecular complexity index is 741. The van der Waals surface area contributed by atoms with Crippen molar-refractivity contribution < 1.29 is 4.79 Å². The van der Waals surface area contributed by atoms with E-state index in [2.05, 4.69) is 31.0 Å². The van der Waals surface area contributed by atoms with Crippen molar-refractivity contribution in [2.75, 3.05) is 0 Å². The van der Waals surface area contributed by atoms with Gasteiger partial charge in [0.25, 0.3) is 0 Å². The largest absolute Gasteiger partial charge is 0.323 e. The van der Waals surface area contributed by atoms with Gasteiger partial charge in [0.05, 0.1) is 28.8 Å². The molecule has 0 radical (unpaired) electrons. The number of carbonyl (C=O) groups excluding carboxylic acids is 1. The maximum Gasteiger partial charge on any atom is 0.192 e. The molecule has 0 aliphatic rings. The van der Waals surface area contributed by atoms with Crippen molar-refractivity contribution in [2.24, 2.45) is 0 Å². The molecule has 96 valence electrons. The molecule has 0 aliphatic heterocycles. The Morgan fingerprint density at radius 1 is 1.32 bits per heavy atom. The molecule has 0 aliphatic carbocycles. The lowest BCUT2D eigenvalue weighted by Gasteiger charge is -2.04. The van der Waals surface area contributed by atoms with Crippen molar-refractivity contribution in [1.82, 2.24) is 9.55 Å². The number of aryl methyl sites for hydroxylation is 2. The van der Waals surface area contributed by atoms with Crippen molar-refractivity contribution in [3.05, 3.63) is 52.0 Å². The van der Waals surface area contributed by atoms with Gasteiger partial charge in [-0.1, -0.05) is 6.07 Å². The number of hydrogen-bond acceptors (Lipinski definition) is 3. The lowest BCUT2D eigenvalue weighted by molar-refractivity contribution is 0.0977. The molecule has 1 aromatic carbocycles. The third-order valence-electron chi connectivity index (χ3n) is 3.35. The van der Waals surface area contributed by atoms with Crippen LogP contribution in [0.4, 0.5) is 0 Å². The average Bonchev–Trinajstić information content (AvgIpc) is 3.01. The minimum Gasteiger partial charge on any atom is -0.323 e. The van der Waals surface area contributed by atoms with E-state index in [0.717, 1.165) is 15.9 Å². The van der Waals surface area contributed by atoms with Gasteiger partial charge < -0.3 is 4.57 Å². The topological polar surface area (TPSA) is 34.9 Å². The lowest BCUT2D eigenvalue weighted by atomic mass is 10.1. The van der Waals surface area contributed by atoms with Crippen LogP contribution >= 0.6 is 11.3 Å². The molecule has 0 fully saturated rings. The van der Waals surface area contributed by atoms with E-state index in [1.807, 2.05) is 22.1 Å². The van der Waals surface area contributed by atoms with Gasteiger partial charge in [-0.05, 0) is 48.6 Å². The Kier molecular flexibility index (Phi) is 2.95.